The third-order valence-electron chi connectivity index (χ3n) is 1.42. The Labute approximate surface area is 70.4 Å². The van der Waals surface area contributed by atoms with Gasteiger partial charge in [-0.3, -0.25) is 0 Å². The SMILES string of the molecule is COC(=O)C1=C/C(=C/N)NC=C1. The van der Waals surface area contributed by atoms with Crippen molar-refractivity contribution in [1.29, 1.82) is 0 Å². The molecule has 0 spiro atoms. The predicted molar refractivity (Wildman–Crippen MR) is 44.6 cm³/mol. The van der Waals surface area contributed by atoms with E-state index < -0.39 is 0 Å². The van der Waals surface area contributed by atoms with Gasteiger partial charge in [0, 0.05) is 12.4 Å². The summed E-state index contributed by atoms with van der Waals surface area (Å²) in [6.07, 6.45) is 6.25. The molecule has 1 rings (SSSR count). The number of ether oxygens (including phenoxy) is 1. The Morgan fingerprint density at radius 1 is 1.75 bits per heavy atom. The van der Waals surface area contributed by atoms with Crippen molar-refractivity contribution in [3.63, 3.8) is 0 Å². The molecule has 0 saturated carbocycles. The number of hydrogen-bond acceptors (Lipinski definition) is 4. The summed E-state index contributed by atoms with van der Waals surface area (Å²) in [6.45, 7) is 0. The van der Waals surface area contributed by atoms with Crippen LogP contribution in [0.4, 0.5) is 0 Å². The summed E-state index contributed by atoms with van der Waals surface area (Å²) in [5, 5.41) is 2.85. The molecule has 1 aliphatic rings. The van der Waals surface area contributed by atoms with Crippen LogP contribution in [0.15, 0.2) is 35.8 Å². The van der Waals surface area contributed by atoms with Gasteiger partial charge in [0.25, 0.3) is 0 Å². The molecule has 0 aliphatic carbocycles. The molecule has 0 aromatic carbocycles. The molecule has 0 fully saturated rings. The van der Waals surface area contributed by atoms with Crippen LogP contribution < -0.4 is 11.1 Å². The molecule has 1 heterocycles. The number of allylic oxidation sites excluding steroid dienone is 1. The van der Waals surface area contributed by atoms with E-state index in [-0.39, 0.29) is 5.97 Å². The number of rotatable bonds is 1. The molecule has 64 valence electrons. The second-order valence-corrected chi connectivity index (χ2v) is 2.19. The minimum Gasteiger partial charge on any atom is -0.465 e. The van der Waals surface area contributed by atoms with Crippen molar-refractivity contribution in [2.24, 2.45) is 5.73 Å². The highest BCUT2D eigenvalue weighted by Gasteiger charge is 2.08. The van der Waals surface area contributed by atoms with Gasteiger partial charge in [-0.15, -0.1) is 0 Å². The molecule has 0 aromatic rings. The number of carbonyl (C=O) groups is 1. The van der Waals surface area contributed by atoms with Crippen molar-refractivity contribution in [3.8, 4) is 0 Å². The molecule has 3 N–H and O–H groups in total. The Balaban J connectivity index is 2.84. The van der Waals surface area contributed by atoms with E-state index in [1.54, 1.807) is 18.4 Å². The van der Waals surface area contributed by atoms with E-state index in [1.807, 2.05) is 0 Å². The summed E-state index contributed by atoms with van der Waals surface area (Å²) in [5.74, 6) is -0.368. The molecule has 0 radical (unpaired) electrons. The van der Waals surface area contributed by atoms with Crippen molar-refractivity contribution in [2.75, 3.05) is 7.11 Å². The van der Waals surface area contributed by atoms with E-state index in [2.05, 4.69) is 10.1 Å². The molecule has 0 aromatic heterocycles. The molecule has 4 nitrogen and oxygen atoms in total. The first-order chi connectivity index (χ1) is 5.77. The van der Waals surface area contributed by atoms with Crippen LogP contribution in [0.3, 0.4) is 0 Å². The molecule has 0 bridgehead atoms. The minimum absolute atomic E-state index is 0.368. The Hall–Kier alpha value is -1.71. The maximum atomic E-state index is 11.0. The smallest absolute Gasteiger partial charge is 0.337 e. The van der Waals surface area contributed by atoms with E-state index in [0.29, 0.717) is 11.3 Å². The van der Waals surface area contributed by atoms with Crippen molar-refractivity contribution in [2.45, 2.75) is 0 Å². The average molecular weight is 166 g/mol. The van der Waals surface area contributed by atoms with E-state index in [1.165, 1.54) is 13.3 Å². The molecule has 12 heavy (non-hydrogen) atoms. The van der Waals surface area contributed by atoms with Crippen molar-refractivity contribution >= 4 is 5.97 Å². The third kappa shape index (κ3) is 1.66. The highest BCUT2D eigenvalue weighted by molar-refractivity contribution is 5.92. The van der Waals surface area contributed by atoms with Gasteiger partial charge in [0.15, 0.2) is 0 Å². The van der Waals surface area contributed by atoms with Gasteiger partial charge in [-0.05, 0) is 12.2 Å². The Morgan fingerprint density at radius 2 is 2.50 bits per heavy atom. The van der Waals surface area contributed by atoms with Gasteiger partial charge in [-0.1, -0.05) is 0 Å². The molecule has 0 saturated heterocycles. The normalized spacial score (nSPS) is 18.4. The monoisotopic (exact) mass is 166 g/mol. The van der Waals surface area contributed by atoms with Crippen LogP contribution >= 0.6 is 0 Å². The van der Waals surface area contributed by atoms with Crippen LogP contribution in [0.2, 0.25) is 0 Å². The largest absolute Gasteiger partial charge is 0.465 e. The van der Waals surface area contributed by atoms with Gasteiger partial charge >= 0.3 is 5.97 Å². The summed E-state index contributed by atoms with van der Waals surface area (Å²) in [6, 6.07) is 0. The molecular weight excluding hydrogens is 156 g/mol. The number of methoxy groups -OCH3 is 1. The van der Waals surface area contributed by atoms with Crippen LogP contribution in [0.5, 0.6) is 0 Å². The molecule has 0 unspecified atom stereocenters. The Bertz CT molecular complexity index is 277. The van der Waals surface area contributed by atoms with Crippen molar-refractivity contribution in [3.05, 3.63) is 35.8 Å². The number of nitrogens with one attached hydrogen (secondary N) is 1. The topological polar surface area (TPSA) is 64.3 Å². The molecular formula is C8H10N2O2. The van der Waals surface area contributed by atoms with Gasteiger partial charge in [0.1, 0.15) is 0 Å². The predicted octanol–water partition coefficient (Wildman–Crippen LogP) is 0.00280. The first-order valence-corrected chi connectivity index (χ1v) is 3.43. The van der Waals surface area contributed by atoms with Gasteiger partial charge in [0.05, 0.1) is 18.4 Å². The Morgan fingerprint density at radius 3 is 3.08 bits per heavy atom. The summed E-state index contributed by atoms with van der Waals surface area (Å²) in [5.41, 5.74) is 6.41. The van der Waals surface area contributed by atoms with Crippen molar-refractivity contribution < 1.29 is 9.53 Å². The maximum Gasteiger partial charge on any atom is 0.337 e. The second-order valence-electron chi connectivity index (χ2n) is 2.19. The van der Waals surface area contributed by atoms with E-state index >= 15 is 0 Å². The molecule has 0 atom stereocenters. The van der Waals surface area contributed by atoms with Crippen LogP contribution in [0.1, 0.15) is 0 Å². The quantitative estimate of drug-likeness (QED) is 0.538. The van der Waals surface area contributed by atoms with E-state index in [4.69, 9.17) is 5.73 Å². The van der Waals surface area contributed by atoms with Crippen LogP contribution in [0.25, 0.3) is 0 Å². The zero-order valence-corrected chi connectivity index (χ0v) is 6.70. The van der Waals surface area contributed by atoms with Crippen LogP contribution in [0, 0.1) is 0 Å². The van der Waals surface area contributed by atoms with E-state index in [0.717, 1.165) is 0 Å². The lowest BCUT2D eigenvalue weighted by molar-refractivity contribution is -0.135. The molecule has 0 amide bonds. The zero-order valence-electron chi connectivity index (χ0n) is 6.70. The molecule has 1 aliphatic heterocycles. The third-order valence-corrected chi connectivity index (χ3v) is 1.42. The van der Waals surface area contributed by atoms with E-state index in [9.17, 15) is 4.79 Å². The number of dihydropyridines is 1. The Kier molecular flexibility index (Phi) is 2.53. The fourth-order valence-corrected chi connectivity index (χ4v) is 0.826. The van der Waals surface area contributed by atoms with Crippen molar-refractivity contribution in [1.82, 2.24) is 5.32 Å². The van der Waals surface area contributed by atoms with Crippen LogP contribution in [-0.4, -0.2) is 13.1 Å². The van der Waals surface area contributed by atoms with Crippen LogP contribution in [-0.2, 0) is 9.53 Å². The maximum absolute atomic E-state index is 11.0. The second kappa shape index (κ2) is 3.61. The number of carbonyl (C=O) groups excluding carboxylic acids is 1. The highest BCUT2D eigenvalue weighted by Crippen LogP contribution is 2.07. The zero-order chi connectivity index (χ0) is 8.97. The summed E-state index contributed by atoms with van der Waals surface area (Å²) in [7, 11) is 1.34. The number of hydrogen-bond donors (Lipinski definition) is 2. The lowest BCUT2D eigenvalue weighted by atomic mass is 10.2. The summed E-state index contributed by atoms with van der Waals surface area (Å²) in [4.78, 5) is 11.0. The lowest BCUT2D eigenvalue weighted by Gasteiger charge is -2.08. The van der Waals surface area contributed by atoms with Gasteiger partial charge in [0.2, 0.25) is 0 Å². The van der Waals surface area contributed by atoms with Gasteiger partial charge in [-0.2, -0.15) is 0 Å². The fourth-order valence-electron chi connectivity index (χ4n) is 0.826. The fraction of sp³-hybridized carbons (Fsp3) is 0.125. The first-order valence-electron chi connectivity index (χ1n) is 3.43. The number of nitrogens with two attached hydrogens (primary N) is 1. The summed E-state index contributed by atoms with van der Waals surface area (Å²) >= 11 is 0. The first kappa shape index (κ1) is 8.39. The standard InChI is InChI=1S/C8H10N2O2/c1-12-8(11)6-2-3-10-7(4-6)5-9/h2-5,10H,9H2,1H3/b7-5-. The minimum atomic E-state index is -0.368. The summed E-state index contributed by atoms with van der Waals surface area (Å²) < 4.78 is 4.53. The van der Waals surface area contributed by atoms with Gasteiger partial charge in [-0.25, -0.2) is 4.79 Å². The lowest BCUT2D eigenvalue weighted by Crippen LogP contribution is -2.13. The molecule has 4 heteroatoms. The average Bonchev–Trinajstić information content (AvgIpc) is 2.17. The number of esters is 1. The highest BCUT2D eigenvalue weighted by atomic mass is 16.5. The van der Waals surface area contributed by atoms with Gasteiger partial charge < -0.3 is 15.8 Å².